The quantitative estimate of drug-likeness (QED) is 0.367. The summed E-state index contributed by atoms with van der Waals surface area (Å²) in [5.74, 6) is 0.294. The molecule has 0 N–H and O–H groups in total. The van der Waals surface area contributed by atoms with E-state index in [4.69, 9.17) is 0 Å². The second-order valence-electron chi connectivity index (χ2n) is 7.34. The maximum absolute atomic E-state index is 12.8. The van der Waals surface area contributed by atoms with Crippen molar-refractivity contribution in [2.75, 3.05) is 0 Å². The monoisotopic (exact) mass is 408 g/mol. The Labute approximate surface area is 180 Å². The van der Waals surface area contributed by atoms with Gasteiger partial charge in [0.15, 0.2) is 0 Å². The molecule has 0 saturated carbocycles. The third-order valence-electron chi connectivity index (χ3n) is 5.18. The van der Waals surface area contributed by atoms with Gasteiger partial charge >= 0.3 is 0 Å². The van der Waals surface area contributed by atoms with Gasteiger partial charge in [-0.05, 0) is 41.4 Å². The van der Waals surface area contributed by atoms with Crippen LogP contribution in [0.3, 0.4) is 0 Å². The van der Waals surface area contributed by atoms with Crippen molar-refractivity contribution in [2.45, 2.75) is 19.3 Å². The van der Waals surface area contributed by atoms with Crippen LogP contribution in [0.5, 0.6) is 0 Å². The van der Waals surface area contributed by atoms with Crippen LogP contribution in [0.25, 0.3) is 0 Å². The van der Waals surface area contributed by atoms with E-state index in [2.05, 4.69) is 91.0 Å². The van der Waals surface area contributed by atoms with Crippen LogP contribution in [-0.2, 0) is 17.6 Å². The first-order chi connectivity index (χ1) is 14.8. The van der Waals surface area contributed by atoms with Gasteiger partial charge in [0, 0.05) is 12.8 Å². The lowest BCUT2D eigenvalue weighted by Gasteiger charge is -2.22. The standard InChI is InChI=1S/C28H25OP/c29-25(21-20-23-12-4-1-5-13-23)22-24-14-10-11-19-28(24)30(26-15-6-2-7-16-26)27-17-8-3-9-18-27/h1-19H,20-22H2. The SMILES string of the molecule is O=C(CCc1ccccc1)Cc1ccccc1P(c1ccccc1)c1ccccc1. The van der Waals surface area contributed by atoms with E-state index < -0.39 is 7.92 Å². The van der Waals surface area contributed by atoms with Crippen molar-refractivity contribution >= 4 is 29.6 Å². The van der Waals surface area contributed by atoms with Gasteiger partial charge in [-0.25, -0.2) is 0 Å². The predicted octanol–water partition coefficient (Wildman–Crippen LogP) is 5.19. The lowest BCUT2D eigenvalue weighted by Crippen LogP contribution is -2.24. The molecule has 0 spiro atoms. The van der Waals surface area contributed by atoms with Crippen LogP contribution in [0.2, 0.25) is 0 Å². The lowest BCUT2D eigenvalue weighted by molar-refractivity contribution is -0.118. The first-order valence-corrected chi connectivity index (χ1v) is 11.7. The minimum Gasteiger partial charge on any atom is -0.299 e. The molecule has 0 bridgehead atoms. The summed E-state index contributed by atoms with van der Waals surface area (Å²) in [6.45, 7) is 0. The van der Waals surface area contributed by atoms with Gasteiger partial charge in [0.2, 0.25) is 0 Å². The average molecular weight is 408 g/mol. The van der Waals surface area contributed by atoms with Crippen molar-refractivity contribution in [1.29, 1.82) is 0 Å². The minimum atomic E-state index is -0.703. The van der Waals surface area contributed by atoms with Gasteiger partial charge in [-0.15, -0.1) is 0 Å². The van der Waals surface area contributed by atoms with E-state index in [0.717, 1.165) is 12.0 Å². The van der Waals surface area contributed by atoms with E-state index in [-0.39, 0.29) is 0 Å². The summed E-state index contributed by atoms with van der Waals surface area (Å²) >= 11 is 0. The summed E-state index contributed by atoms with van der Waals surface area (Å²) in [6.07, 6.45) is 1.86. The number of carbonyl (C=O) groups excluding carboxylic acids is 1. The van der Waals surface area contributed by atoms with E-state index in [1.54, 1.807) is 0 Å². The molecule has 0 unspecified atom stereocenters. The molecule has 4 aromatic rings. The van der Waals surface area contributed by atoms with Crippen LogP contribution in [0.4, 0.5) is 0 Å². The topological polar surface area (TPSA) is 17.1 Å². The van der Waals surface area contributed by atoms with E-state index in [1.165, 1.54) is 21.5 Å². The van der Waals surface area contributed by atoms with E-state index in [1.807, 2.05) is 24.3 Å². The molecule has 0 fully saturated rings. The zero-order valence-electron chi connectivity index (χ0n) is 16.9. The number of Topliss-reactive ketones (excluding diaryl/α,β-unsaturated/α-hetero) is 1. The third-order valence-corrected chi connectivity index (χ3v) is 7.73. The van der Waals surface area contributed by atoms with Crippen molar-refractivity contribution in [3.63, 3.8) is 0 Å². The van der Waals surface area contributed by atoms with Gasteiger partial charge < -0.3 is 0 Å². The number of ketones is 1. The molecule has 0 heterocycles. The smallest absolute Gasteiger partial charge is 0.137 e. The molecule has 0 amide bonds. The molecule has 0 aliphatic heterocycles. The Morgan fingerprint density at radius 2 is 1.10 bits per heavy atom. The molecule has 0 atom stereocenters. The molecule has 0 aromatic heterocycles. The summed E-state index contributed by atoms with van der Waals surface area (Å²) in [5.41, 5.74) is 2.37. The van der Waals surface area contributed by atoms with Gasteiger partial charge in [-0.2, -0.15) is 0 Å². The second kappa shape index (κ2) is 10.1. The third kappa shape index (κ3) is 5.12. The Kier molecular flexibility index (Phi) is 6.85. The molecule has 30 heavy (non-hydrogen) atoms. The molecular weight excluding hydrogens is 383 g/mol. The van der Waals surface area contributed by atoms with Gasteiger partial charge in [0.25, 0.3) is 0 Å². The molecule has 148 valence electrons. The zero-order valence-corrected chi connectivity index (χ0v) is 17.8. The number of rotatable bonds is 8. The van der Waals surface area contributed by atoms with E-state index in [9.17, 15) is 4.79 Å². The molecule has 0 saturated heterocycles. The van der Waals surface area contributed by atoms with Crippen molar-refractivity contribution in [1.82, 2.24) is 0 Å². The van der Waals surface area contributed by atoms with Crippen LogP contribution in [0.15, 0.2) is 115 Å². The summed E-state index contributed by atoms with van der Waals surface area (Å²) in [5, 5.41) is 3.89. The fourth-order valence-electron chi connectivity index (χ4n) is 3.69. The molecular formula is C28H25OP. The Hall–Kier alpha value is -3.02. The zero-order chi connectivity index (χ0) is 20.6. The van der Waals surface area contributed by atoms with Gasteiger partial charge in [-0.1, -0.05) is 115 Å². The number of benzene rings is 4. The summed E-state index contributed by atoms with van der Waals surface area (Å²) in [4.78, 5) is 12.8. The van der Waals surface area contributed by atoms with Crippen molar-refractivity contribution < 1.29 is 4.79 Å². The fourth-order valence-corrected chi connectivity index (χ4v) is 6.16. The van der Waals surface area contributed by atoms with Gasteiger partial charge in [0.1, 0.15) is 5.78 Å². The molecule has 0 aliphatic carbocycles. The van der Waals surface area contributed by atoms with Crippen molar-refractivity contribution in [3.8, 4) is 0 Å². The minimum absolute atomic E-state index is 0.294. The molecule has 1 nitrogen and oxygen atoms in total. The average Bonchev–Trinajstić information content (AvgIpc) is 2.81. The lowest BCUT2D eigenvalue weighted by atomic mass is 10.0. The molecule has 4 aromatic carbocycles. The van der Waals surface area contributed by atoms with Crippen LogP contribution < -0.4 is 15.9 Å². The van der Waals surface area contributed by atoms with Crippen molar-refractivity contribution in [2.24, 2.45) is 0 Å². The summed E-state index contributed by atoms with van der Waals surface area (Å²) in [6, 6.07) is 40.0. The van der Waals surface area contributed by atoms with E-state index in [0.29, 0.717) is 18.6 Å². The van der Waals surface area contributed by atoms with Crippen LogP contribution in [0, 0.1) is 0 Å². The van der Waals surface area contributed by atoms with Crippen LogP contribution >= 0.6 is 7.92 Å². The highest BCUT2D eigenvalue weighted by Gasteiger charge is 2.20. The highest BCUT2D eigenvalue weighted by molar-refractivity contribution is 7.79. The van der Waals surface area contributed by atoms with Gasteiger partial charge in [0.05, 0.1) is 0 Å². The number of carbonyl (C=O) groups is 1. The summed E-state index contributed by atoms with van der Waals surface area (Å²) < 4.78 is 0. The first kappa shape index (κ1) is 20.3. The second-order valence-corrected chi connectivity index (χ2v) is 9.52. The first-order valence-electron chi connectivity index (χ1n) is 10.3. The highest BCUT2D eigenvalue weighted by atomic mass is 31.1. The number of hydrogen-bond acceptors (Lipinski definition) is 1. The van der Waals surface area contributed by atoms with Crippen molar-refractivity contribution in [3.05, 3.63) is 126 Å². The largest absolute Gasteiger partial charge is 0.299 e. The maximum atomic E-state index is 12.8. The van der Waals surface area contributed by atoms with E-state index >= 15 is 0 Å². The predicted molar refractivity (Wildman–Crippen MR) is 129 cm³/mol. The van der Waals surface area contributed by atoms with Gasteiger partial charge in [-0.3, -0.25) is 4.79 Å². The Balaban J connectivity index is 1.61. The Bertz CT molecular complexity index is 1040. The Morgan fingerprint density at radius 1 is 0.600 bits per heavy atom. The maximum Gasteiger partial charge on any atom is 0.137 e. The summed E-state index contributed by atoms with van der Waals surface area (Å²) in [7, 11) is -0.703. The molecule has 0 aliphatic rings. The van der Waals surface area contributed by atoms with Crippen LogP contribution in [-0.4, -0.2) is 5.78 Å². The molecule has 4 rings (SSSR count). The normalized spacial score (nSPS) is 10.8. The number of aryl methyl sites for hydroxylation is 1. The molecule has 2 heteroatoms. The highest BCUT2D eigenvalue weighted by Crippen LogP contribution is 2.34. The number of hydrogen-bond donors (Lipinski definition) is 0. The van der Waals surface area contributed by atoms with Crippen LogP contribution in [0.1, 0.15) is 17.5 Å². The molecule has 0 radical (unpaired) electrons. The Morgan fingerprint density at radius 3 is 1.70 bits per heavy atom. The fraction of sp³-hybridized carbons (Fsp3) is 0.107.